The maximum absolute atomic E-state index is 12.9. The van der Waals surface area contributed by atoms with Crippen LogP contribution in [0, 0.1) is 0 Å². The summed E-state index contributed by atoms with van der Waals surface area (Å²) in [4.78, 5) is 36.0. The van der Waals surface area contributed by atoms with Crippen LogP contribution in [0.3, 0.4) is 0 Å². The predicted octanol–water partition coefficient (Wildman–Crippen LogP) is 3.41. The minimum atomic E-state index is -0.249. The van der Waals surface area contributed by atoms with Gasteiger partial charge >= 0.3 is 0 Å². The van der Waals surface area contributed by atoms with Crippen LogP contribution in [0.1, 0.15) is 23.8 Å². The molecule has 0 unspecified atom stereocenters. The van der Waals surface area contributed by atoms with Crippen LogP contribution in [-0.2, 0) is 11.3 Å². The molecule has 29 heavy (non-hydrogen) atoms. The number of likely N-dealkylation sites (tertiary alicyclic amines) is 1. The number of carbonyl (C=O) groups excluding carboxylic acids is 1. The van der Waals surface area contributed by atoms with Crippen molar-refractivity contribution in [3.8, 4) is 0 Å². The molecule has 3 heterocycles. The van der Waals surface area contributed by atoms with Crippen LogP contribution >= 0.6 is 11.3 Å². The Morgan fingerprint density at radius 3 is 2.55 bits per heavy atom. The number of fused-ring (bicyclic) bond motifs is 2. The lowest BCUT2D eigenvalue weighted by molar-refractivity contribution is -0.132. The first-order chi connectivity index (χ1) is 14.2. The number of thiazole rings is 1. The first-order valence-electron chi connectivity index (χ1n) is 9.77. The molecule has 1 saturated heterocycles. The normalized spacial score (nSPS) is 15.2. The number of hydrogen-bond donors (Lipinski definition) is 0. The van der Waals surface area contributed by atoms with Gasteiger partial charge in [-0.15, -0.1) is 11.3 Å². The van der Waals surface area contributed by atoms with Crippen molar-refractivity contribution >= 4 is 38.5 Å². The van der Waals surface area contributed by atoms with Crippen molar-refractivity contribution in [2.24, 2.45) is 0 Å². The molecule has 4 aromatic rings. The summed E-state index contributed by atoms with van der Waals surface area (Å²) in [6.45, 7) is 1.43. The van der Waals surface area contributed by atoms with Crippen molar-refractivity contribution in [3.05, 3.63) is 70.1 Å². The second kappa shape index (κ2) is 7.40. The van der Waals surface area contributed by atoms with E-state index in [9.17, 15) is 9.59 Å². The van der Waals surface area contributed by atoms with Gasteiger partial charge in [-0.3, -0.25) is 14.2 Å². The molecular formula is C22H20N4O2S. The summed E-state index contributed by atoms with van der Waals surface area (Å²) in [5.74, 6) is 0.368. The third-order valence-electron chi connectivity index (χ3n) is 5.55. The quantitative estimate of drug-likeness (QED) is 0.525. The largest absolute Gasteiger partial charge is 0.341 e. The average molecular weight is 404 g/mol. The van der Waals surface area contributed by atoms with Crippen molar-refractivity contribution in [1.29, 1.82) is 0 Å². The molecule has 0 bridgehead atoms. The maximum atomic E-state index is 12.9. The lowest BCUT2D eigenvalue weighted by atomic mass is 9.97. The molecule has 0 saturated carbocycles. The summed E-state index contributed by atoms with van der Waals surface area (Å²) in [6.07, 6.45) is 3.09. The summed E-state index contributed by atoms with van der Waals surface area (Å²) < 4.78 is 2.73. The molecule has 1 aliphatic rings. The molecule has 5 rings (SSSR count). The van der Waals surface area contributed by atoms with Crippen LogP contribution in [-0.4, -0.2) is 38.4 Å². The highest BCUT2D eigenvalue weighted by molar-refractivity contribution is 7.18. The Hall–Kier alpha value is -3.06. The Kier molecular flexibility index (Phi) is 4.60. The highest BCUT2D eigenvalue weighted by Gasteiger charge is 2.26. The van der Waals surface area contributed by atoms with Gasteiger partial charge in [0.15, 0.2) is 0 Å². The Balaban J connectivity index is 1.29. The van der Waals surface area contributed by atoms with Gasteiger partial charge in [0.1, 0.15) is 6.54 Å². The van der Waals surface area contributed by atoms with Crippen LogP contribution in [0.15, 0.2) is 59.5 Å². The number of rotatable bonds is 3. The Morgan fingerprint density at radius 1 is 1.03 bits per heavy atom. The molecule has 146 valence electrons. The lowest BCUT2D eigenvalue weighted by Crippen LogP contribution is -2.41. The second-order valence-corrected chi connectivity index (χ2v) is 8.41. The lowest BCUT2D eigenvalue weighted by Gasteiger charge is -2.31. The predicted molar refractivity (Wildman–Crippen MR) is 114 cm³/mol. The number of piperidine rings is 1. The molecule has 1 fully saturated rings. The fourth-order valence-electron chi connectivity index (χ4n) is 3.95. The summed E-state index contributed by atoms with van der Waals surface area (Å²) in [7, 11) is 0. The Morgan fingerprint density at radius 2 is 1.76 bits per heavy atom. The number of hydrogen-bond acceptors (Lipinski definition) is 5. The van der Waals surface area contributed by atoms with Crippen LogP contribution < -0.4 is 5.56 Å². The van der Waals surface area contributed by atoms with Crippen molar-refractivity contribution in [1.82, 2.24) is 19.4 Å². The van der Waals surface area contributed by atoms with Gasteiger partial charge in [0.25, 0.3) is 5.56 Å². The number of carbonyl (C=O) groups is 1. The van der Waals surface area contributed by atoms with E-state index in [1.165, 1.54) is 15.5 Å². The van der Waals surface area contributed by atoms with E-state index >= 15 is 0 Å². The zero-order valence-electron chi connectivity index (χ0n) is 15.8. The van der Waals surface area contributed by atoms with Crippen LogP contribution in [0.2, 0.25) is 0 Å². The number of para-hydroxylation sites is 3. The third kappa shape index (κ3) is 3.42. The fourth-order valence-corrected chi connectivity index (χ4v) is 5.09. The number of nitrogens with zero attached hydrogens (tertiary/aromatic N) is 4. The first kappa shape index (κ1) is 18.0. The number of benzene rings is 2. The van der Waals surface area contributed by atoms with Crippen LogP contribution in [0.4, 0.5) is 0 Å². The van der Waals surface area contributed by atoms with Gasteiger partial charge in [-0.2, -0.15) is 0 Å². The van der Waals surface area contributed by atoms with Gasteiger partial charge in [0, 0.05) is 19.0 Å². The average Bonchev–Trinajstić information content (AvgIpc) is 3.20. The summed E-state index contributed by atoms with van der Waals surface area (Å²) in [6, 6.07) is 15.6. The van der Waals surface area contributed by atoms with E-state index in [4.69, 9.17) is 4.98 Å². The first-order valence-corrected chi connectivity index (χ1v) is 10.6. The van der Waals surface area contributed by atoms with E-state index in [0.717, 1.165) is 28.9 Å². The molecule has 7 heteroatoms. The molecule has 1 amide bonds. The van der Waals surface area contributed by atoms with Crippen LogP contribution in [0.5, 0.6) is 0 Å². The van der Waals surface area contributed by atoms with Gasteiger partial charge in [-0.05, 0) is 37.1 Å². The summed E-state index contributed by atoms with van der Waals surface area (Å²) in [5, 5.41) is 1.16. The SMILES string of the molecule is O=C(Cn1c(=O)cnc2ccccc21)N1CCC(c2nc3ccccc3s2)CC1. The summed E-state index contributed by atoms with van der Waals surface area (Å²) >= 11 is 1.75. The minimum absolute atomic E-state index is 0.0220. The van der Waals surface area contributed by atoms with Crippen molar-refractivity contribution in [2.75, 3.05) is 13.1 Å². The maximum Gasteiger partial charge on any atom is 0.269 e. The molecule has 1 aliphatic heterocycles. The molecule has 2 aromatic heterocycles. The van der Waals surface area contributed by atoms with E-state index in [1.54, 1.807) is 11.3 Å². The van der Waals surface area contributed by atoms with Gasteiger partial charge in [-0.25, -0.2) is 9.97 Å². The number of aromatic nitrogens is 3. The van der Waals surface area contributed by atoms with Gasteiger partial charge in [-0.1, -0.05) is 24.3 Å². The van der Waals surface area contributed by atoms with Gasteiger partial charge < -0.3 is 4.90 Å². The van der Waals surface area contributed by atoms with Crippen LogP contribution in [0.25, 0.3) is 21.3 Å². The molecule has 0 N–H and O–H groups in total. The smallest absolute Gasteiger partial charge is 0.269 e. The van der Waals surface area contributed by atoms with Crippen molar-refractivity contribution < 1.29 is 4.79 Å². The van der Waals surface area contributed by atoms with E-state index in [0.29, 0.717) is 24.5 Å². The molecule has 0 aliphatic carbocycles. The van der Waals surface area contributed by atoms with Crippen molar-refractivity contribution in [3.63, 3.8) is 0 Å². The van der Waals surface area contributed by atoms with E-state index in [2.05, 4.69) is 11.1 Å². The van der Waals surface area contributed by atoms with Gasteiger partial charge in [0.05, 0.1) is 32.5 Å². The zero-order chi connectivity index (χ0) is 19.8. The Labute approximate surface area is 171 Å². The molecule has 0 spiro atoms. The highest BCUT2D eigenvalue weighted by atomic mass is 32.1. The standard InChI is InChI=1S/C22H20N4O2S/c27-20-13-23-16-5-1-3-7-18(16)26(20)14-21(28)25-11-9-15(10-12-25)22-24-17-6-2-4-8-19(17)29-22/h1-8,13,15H,9-12,14H2. The molecule has 2 aromatic carbocycles. The topological polar surface area (TPSA) is 68.1 Å². The Bertz CT molecular complexity index is 1220. The third-order valence-corrected chi connectivity index (χ3v) is 6.75. The van der Waals surface area contributed by atoms with Gasteiger partial charge in [0.2, 0.25) is 5.91 Å². The minimum Gasteiger partial charge on any atom is -0.341 e. The zero-order valence-corrected chi connectivity index (χ0v) is 16.6. The molecular weight excluding hydrogens is 384 g/mol. The molecule has 0 atom stereocenters. The van der Waals surface area contributed by atoms with E-state index < -0.39 is 0 Å². The highest BCUT2D eigenvalue weighted by Crippen LogP contribution is 2.33. The molecule has 0 radical (unpaired) electrons. The van der Waals surface area contributed by atoms with Crippen molar-refractivity contribution in [2.45, 2.75) is 25.3 Å². The number of amides is 1. The van der Waals surface area contributed by atoms with E-state index in [-0.39, 0.29) is 18.0 Å². The summed E-state index contributed by atoms with van der Waals surface area (Å²) in [5.41, 5.74) is 2.21. The fraction of sp³-hybridized carbons (Fsp3) is 0.273. The van der Waals surface area contributed by atoms with E-state index in [1.807, 2.05) is 47.4 Å². The monoisotopic (exact) mass is 404 g/mol. The molecule has 6 nitrogen and oxygen atoms in total. The second-order valence-electron chi connectivity index (χ2n) is 7.35.